The average molecular weight is 393 g/mol. The van der Waals surface area contributed by atoms with E-state index < -0.39 is 0 Å². The maximum absolute atomic E-state index is 13.3. The lowest BCUT2D eigenvalue weighted by Gasteiger charge is -2.21. The lowest BCUT2D eigenvalue weighted by Crippen LogP contribution is -2.28. The summed E-state index contributed by atoms with van der Waals surface area (Å²) in [5.74, 6) is 0.641. The Balaban J connectivity index is 1.86. The van der Waals surface area contributed by atoms with Gasteiger partial charge in [-0.15, -0.1) is 0 Å². The van der Waals surface area contributed by atoms with E-state index >= 15 is 0 Å². The highest BCUT2D eigenvalue weighted by Crippen LogP contribution is 2.21. The summed E-state index contributed by atoms with van der Waals surface area (Å²) >= 11 is 3.30. The quantitative estimate of drug-likeness (QED) is 0.804. The molecule has 0 atom stereocenters. The lowest BCUT2D eigenvalue weighted by molar-refractivity contribution is 0.403. The normalized spacial score (nSPS) is 13.8. The monoisotopic (exact) mass is 392 g/mol. The third-order valence-electron chi connectivity index (χ3n) is 3.46. The Kier molecular flexibility index (Phi) is 4.75. The van der Waals surface area contributed by atoms with Crippen LogP contribution in [0.15, 0.2) is 57.1 Å². The van der Waals surface area contributed by atoms with Crippen LogP contribution in [-0.4, -0.2) is 29.2 Å². The molecule has 0 saturated carbocycles. The molecule has 1 aliphatic rings. The Bertz CT molecular complexity index is 879. The molecule has 0 saturated heterocycles. The summed E-state index contributed by atoms with van der Waals surface area (Å²) in [6, 6.07) is 6.12. The highest BCUT2D eigenvalue weighted by molar-refractivity contribution is 9.10. The molecule has 1 aromatic carbocycles. The minimum Gasteiger partial charge on any atom is -0.481 e. The number of halogens is 2. The van der Waals surface area contributed by atoms with Crippen molar-refractivity contribution in [1.29, 1.82) is 0 Å². The topological polar surface area (TPSA) is 59.7 Å². The van der Waals surface area contributed by atoms with Gasteiger partial charge in [0.2, 0.25) is 5.90 Å². The number of aromatic nitrogens is 2. The van der Waals surface area contributed by atoms with E-state index in [1.807, 2.05) is 0 Å². The fourth-order valence-corrected chi connectivity index (χ4v) is 2.83. The van der Waals surface area contributed by atoms with E-state index in [2.05, 4.69) is 25.9 Å². The molecule has 3 rings (SSSR count). The van der Waals surface area contributed by atoms with E-state index in [1.165, 1.54) is 23.0 Å². The van der Waals surface area contributed by atoms with Crippen molar-refractivity contribution < 1.29 is 9.13 Å². The summed E-state index contributed by atoms with van der Waals surface area (Å²) in [5, 5.41) is 0. The number of nitrogens with zero attached hydrogens (tertiary/aromatic N) is 4. The van der Waals surface area contributed by atoms with Crippen molar-refractivity contribution in [2.24, 2.45) is 4.99 Å². The van der Waals surface area contributed by atoms with Gasteiger partial charge in [0.15, 0.2) is 5.82 Å². The molecule has 1 aromatic heterocycles. The minimum atomic E-state index is -0.338. The van der Waals surface area contributed by atoms with Crippen LogP contribution < -0.4 is 10.5 Å². The second-order valence-electron chi connectivity index (χ2n) is 5.07. The van der Waals surface area contributed by atoms with Crippen molar-refractivity contribution >= 4 is 27.6 Å². The number of benzene rings is 1. The Morgan fingerprint density at radius 2 is 2.25 bits per heavy atom. The van der Waals surface area contributed by atoms with Gasteiger partial charge in [-0.3, -0.25) is 9.36 Å². The van der Waals surface area contributed by atoms with Gasteiger partial charge in [0.1, 0.15) is 23.3 Å². The van der Waals surface area contributed by atoms with Crippen LogP contribution in [0.1, 0.15) is 5.56 Å². The first-order chi connectivity index (χ1) is 11.6. The number of methoxy groups -OCH3 is 1. The van der Waals surface area contributed by atoms with Crippen molar-refractivity contribution in [3.63, 3.8) is 0 Å². The molecule has 0 radical (unpaired) electrons. The molecule has 124 valence electrons. The van der Waals surface area contributed by atoms with Gasteiger partial charge in [0, 0.05) is 12.3 Å². The van der Waals surface area contributed by atoms with E-state index in [0.717, 1.165) is 0 Å². The summed E-state index contributed by atoms with van der Waals surface area (Å²) in [5.41, 5.74) is 0.435. The third kappa shape index (κ3) is 3.38. The fraction of sp³-hybridized carbons (Fsp3) is 0.188. The van der Waals surface area contributed by atoms with Crippen molar-refractivity contribution in [1.82, 2.24) is 9.55 Å². The molecule has 0 fully saturated rings. The molecule has 2 aromatic rings. The molecule has 6 nitrogen and oxygen atoms in total. The van der Waals surface area contributed by atoms with Gasteiger partial charge in [-0.1, -0.05) is 12.1 Å². The molecule has 0 bridgehead atoms. The van der Waals surface area contributed by atoms with Gasteiger partial charge in [-0.2, -0.15) is 0 Å². The molecule has 0 unspecified atom stereocenters. The zero-order chi connectivity index (χ0) is 17.1. The number of anilines is 1. The average Bonchev–Trinajstić information content (AvgIpc) is 2.59. The van der Waals surface area contributed by atoms with Crippen LogP contribution in [-0.2, 0) is 11.3 Å². The molecule has 1 aliphatic heterocycles. The lowest BCUT2D eigenvalue weighted by atomic mass is 10.2. The first-order valence-electron chi connectivity index (χ1n) is 7.11. The van der Waals surface area contributed by atoms with Crippen LogP contribution in [0.5, 0.6) is 0 Å². The van der Waals surface area contributed by atoms with E-state index in [4.69, 9.17) is 4.74 Å². The third-order valence-corrected chi connectivity index (χ3v) is 4.16. The molecular weight excluding hydrogens is 379 g/mol. The molecule has 24 heavy (non-hydrogen) atoms. The van der Waals surface area contributed by atoms with Crippen LogP contribution in [0.4, 0.5) is 10.2 Å². The van der Waals surface area contributed by atoms with Gasteiger partial charge in [-0.05, 0) is 33.6 Å². The van der Waals surface area contributed by atoms with E-state index in [1.54, 1.807) is 36.4 Å². The van der Waals surface area contributed by atoms with Crippen LogP contribution in [0.2, 0.25) is 0 Å². The molecule has 8 heteroatoms. The number of ether oxygens (including phenoxy) is 1. The summed E-state index contributed by atoms with van der Waals surface area (Å²) < 4.78 is 20.0. The van der Waals surface area contributed by atoms with Gasteiger partial charge in [-0.25, -0.2) is 14.4 Å². The van der Waals surface area contributed by atoms with Crippen LogP contribution >= 0.6 is 15.9 Å². The van der Waals surface area contributed by atoms with E-state index in [-0.39, 0.29) is 17.9 Å². The molecule has 2 heterocycles. The highest BCUT2D eigenvalue weighted by Gasteiger charge is 2.16. The Labute approximate surface area is 146 Å². The van der Waals surface area contributed by atoms with Crippen LogP contribution in [0, 0.1) is 5.82 Å². The minimum absolute atomic E-state index is 0.240. The predicted molar refractivity (Wildman–Crippen MR) is 92.6 cm³/mol. The molecule has 0 amide bonds. The van der Waals surface area contributed by atoms with Gasteiger partial charge < -0.3 is 9.64 Å². The number of aliphatic imine (C=N–C) groups is 1. The van der Waals surface area contributed by atoms with Gasteiger partial charge in [0.05, 0.1) is 13.7 Å². The molecule has 0 N–H and O–H groups in total. The number of hydrogen-bond acceptors (Lipinski definition) is 5. The standard InChI is InChI=1S/C16H14BrFN4O2/c1-24-13-5-6-21(9-19-13)15-14(17)16(23)22(10-20-15)8-11-3-2-4-12(18)7-11/h2-7,10H,8-9H2,1H3. The fourth-order valence-electron chi connectivity index (χ4n) is 2.27. The zero-order valence-electron chi connectivity index (χ0n) is 12.8. The maximum Gasteiger partial charge on any atom is 0.270 e. The van der Waals surface area contributed by atoms with Crippen molar-refractivity contribution in [2.45, 2.75) is 6.54 Å². The SMILES string of the molecule is COC1=NCN(c2ncn(Cc3cccc(F)c3)c(=O)c2Br)C=C1. The molecule has 0 aliphatic carbocycles. The van der Waals surface area contributed by atoms with Crippen molar-refractivity contribution in [3.8, 4) is 0 Å². The number of rotatable bonds is 3. The smallest absolute Gasteiger partial charge is 0.270 e. The first-order valence-corrected chi connectivity index (χ1v) is 7.90. The zero-order valence-corrected chi connectivity index (χ0v) is 14.4. The first kappa shape index (κ1) is 16.4. The second kappa shape index (κ2) is 6.96. The highest BCUT2D eigenvalue weighted by atomic mass is 79.9. The van der Waals surface area contributed by atoms with Crippen molar-refractivity contribution in [2.75, 3.05) is 18.7 Å². The summed E-state index contributed by atoms with van der Waals surface area (Å²) in [6.45, 7) is 0.545. The molecular formula is C16H14BrFN4O2. The largest absolute Gasteiger partial charge is 0.481 e. The summed E-state index contributed by atoms with van der Waals surface area (Å²) in [7, 11) is 1.54. The van der Waals surface area contributed by atoms with Crippen LogP contribution in [0.3, 0.4) is 0 Å². The van der Waals surface area contributed by atoms with Crippen LogP contribution in [0.25, 0.3) is 0 Å². The van der Waals surface area contributed by atoms with E-state index in [0.29, 0.717) is 28.4 Å². The van der Waals surface area contributed by atoms with Gasteiger partial charge in [0.25, 0.3) is 5.56 Å². The Hall–Kier alpha value is -2.48. The number of hydrogen-bond donors (Lipinski definition) is 0. The molecule has 0 spiro atoms. The Morgan fingerprint density at radius 3 is 2.92 bits per heavy atom. The summed E-state index contributed by atoms with van der Waals surface area (Å²) in [6.07, 6.45) is 4.88. The predicted octanol–water partition coefficient (Wildman–Crippen LogP) is 2.53. The van der Waals surface area contributed by atoms with Crippen molar-refractivity contribution in [3.05, 3.63) is 69.1 Å². The summed E-state index contributed by atoms with van der Waals surface area (Å²) in [4.78, 5) is 22.8. The van der Waals surface area contributed by atoms with Gasteiger partial charge >= 0.3 is 0 Å². The second-order valence-corrected chi connectivity index (χ2v) is 5.87. The Morgan fingerprint density at radius 1 is 1.42 bits per heavy atom. The van der Waals surface area contributed by atoms with E-state index in [9.17, 15) is 9.18 Å². The maximum atomic E-state index is 13.3.